The number of carbonyl (C=O) groups is 2. The maximum Gasteiger partial charge on any atom is 0.338 e. The number of benzene rings is 1. The zero-order valence-corrected chi connectivity index (χ0v) is 11.0. The third kappa shape index (κ3) is 4.57. The Kier molecular flexibility index (Phi) is 4.81. The molecule has 1 amide bonds. The number of carbonyl (C=O) groups excluding carboxylic acids is 1. The first-order valence-corrected chi connectivity index (χ1v) is 6.14. The number of rotatable bonds is 6. The maximum absolute atomic E-state index is 11.6. The summed E-state index contributed by atoms with van der Waals surface area (Å²) in [4.78, 5) is 29.6. The molecule has 2 N–H and O–H groups in total. The minimum atomic E-state index is -1.12. The molecule has 0 aliphatic heterocycles. The van der Waals surface area contributed by atoms with Crippen molar-refractivity contribution in [3.8, 4) is 6.01 Å². The predicted molar refractivity (Wildman–Crippen MR) is 72.8 cm³/mol. The molecular formula is C14H13N3O4. The van der Waals surface area contributed by atoms with E-state index in [1.165, 1.54) is 0 Å². The van der Waals surface area contributed by atoms with E-state index in [4.69, 9.17) is 9.84 Å². The van der Waals surface area contributed by atoms with Gasteiger partial charge in [-0.15, -0.1) is 0 Å². The van der Waals surface area contributed by atoms with E-state index in [9.17, 15) is 9.59 Å². The number of nitrogens with zero attached hydrogens (tertiary/aromatic N) is 2. The molecule has 0 aliphatic rings. The fraction of sp³-hybridized carbons (Fsp3) is 0.143. The van der Waals surface area contributed by atoms with Gasteiger partial charge < -0.3 is 15.2 Å². The van der Waals surface area contributed by atoms with E-state index in [-0.39, 0.29) is 24.1 Å². The van der Waals surface area contributed by atoms with Gasteiger partial charge in [0.25, 0.3) is 5.91 Å². The molecule has 21 heavy (non-hydrogen) atoms. The van der Waals surface area contributed by atoms with Gasteiger partial charge in [-0.2, -0.15) is 0 Å². The molecule has 0 bridgehead atoms. The molecule has 0 spiro atoms. The van der Waals surface area contributed by atoms with Crippen LogP contribution in [0.5, 0.6) is 6.01 Å². The lowest BCUT2D eigenvalue weighted by molar-refractivity contribution is -0.123. The van der Waals surface area contributed by atoms with Gasteiger partial charge in [-0.3, -0.25) is 4.79 Å². The lowest BCUT2D eigenvalue weighted by Crippen LogP contribution is -2.28. The summed E-state index contributed by atoms with van der Waals surface area (Å²) < 4.78 is 5.06. The van der Waals surface area contributed by atoms with Crippen LogP contribution in [0.4, 0.5) is 0 Å². The Morgan fingerprint density at radius 3 is 2.43 bits per heavy atom. The number of hydrogen-bond donors (Lipinski definition) is 2. The van der Waals surface area contributed by atoms with Gasteiger partial charge in [0.2, 0.25) is 0 Å². The summed E-state index contributed by atoms with van der Waals surface area (Å²) in [6, 6.07) is 9.41. The highest BCUT2D eigenvalue weighted by atomic mass is 16.5. The highest BCUT2D eigenvalue weighted by Crippen LogP contribution is 2.02. The summed E-state index contributed by atoms with van der Waals surface area (Å²) in [5.41, 5.74) is 0.934. The van der Waals surface area contributed by atoms with E-state index in [1.807, 2.05) is 30.3 Å². The Labute approximate surface area is 120 Å². The molecule has 0 atom stereocenters. The largest absolute Gasteiger partial charge is 0.478 e. The molecule has 0 fully saturated rings. The molecular weight excluding hydrogens is 274 g/mol. The third-order valence-electron chi connectivity index (χ3n) is 2.54. The average molecular weight is 287 g/mol. The van der Waals surface area contributed by atoms with Crippen LogP contribution in [-0.2, 0) is 11.3 Å². The molecule has 0 saturated heterocycles. The van der Waals surface area contributed by atoms with Gasteiger partial charge in [-0.05, 0) is 5.56 Å². The standard InChI is InChI=1S/C14H13N3O4/c18-12(15-6-10-4-2-1-3-5-10)9-21-14-16-7-11(8-17-14)13(19)20/h1-5,7-8H,6,9H2,(H,15,18)(H,19,20). The zero-order valence-electron chi connectivity index (χ0n) is 11.0. The first kappa shape index (κ1) is 14.4. The first-order chi connectivity index (χ1) is 10.1. The molecule has 1 aromatic heterocycles. The lowest BCUT2D eigenvalue weighted by Gasteiger charge is -2.06. The summed E-state index contributed by atoms with van der Waals surface area (Å²) in [7, 11) is 0. The molecule has 1 heterocycles. The molecule has 108 valence electrons. The number of carboxylic acid groups (broad SMARTS) is 1. The second kappa shape index (κ2) is 6.99. The fourth-order valence-corrected chi connectivity index (χ4v) is 1.48. The van der Waals surface area contributed by atoms with E-state index in [0.29, 0.717) is 6.54 Å². The van der Waals surface area contributed by atoms with Crippen molar-refractivity contribution in [2.24, 2.45) is 0 Å². The van der Waals surface area contributed by atoms with Crippen LogP contribution in [0.1, 0.15) is 15.9 Å². The number of ether oxygens (including phenoxy) is 1. The lowest BCUT2D eigenvalue weighted by atomic mass is 10.2. The van der Waals surface area contributed by atoms with Gasteiger partial charge in [-0.1, -0.05) is 30.3 Å². The topological polar surface area (TPSA) is 101 Å². The van der Waals surface area contributed by atoms with Gasteiger partial charge in [-0.25, -0.2) is 14.8 Å². The summed E-state index contributed by atoms with van der Waals surface area (Å²) in [6.07, 6.45) is 2.24. The van der Waals surface area contributed by atoms with Crippen LogP contribution >= 0.6 is 0 Å². The summed E-state index contributed by atoms with van der Waals surface area (Å²) in [5.74, 6) is -1.44. The fourth-order valence-electron chi connectivity index (χ4n) is 1.48. The molecule has 7 heteroatoms. The van der Waals surface area contributed by atoms with Gasteiger partial charge in [0.15, 0.2) is 6.61 Å². The number of amides is 1. The van der Waals surface area contributed by atoms with E-state index in [2.05, 4.69) is 15.3 Å². The Morgan fingerprint density at radius 2 is 1.81 bits per heavy atom. The molecule has 1 aromatic carbocycles. The van der Waals surface area contributed by atoms with Crippen LogP contribution in [-0.4, -0.2) is 33.6 Å². The van der Waals surface area contributed by atoms with Gasteiger partial charge >= 0.3 is 12.0 Å². The monoisotopic (exact) mass is 287 g/mol. The van der Waals surface area contributed by atoms with Gasteiger partial charge in [0, 0.05) is 18.9 Å². The van der Waals surface area contributed by atoms with Crippen LogP contribution in [0.2, 0.25) is 0 Å². The normalized spacial score (nSPS) is 9.90. The first-order valence-electron chi connectivity index (χ1n) is 6.14. The minimum absolute atomic E-state index is 0.0455. The third-order valence-corrected chi connectivity index (χ3v) is 2.54. The van der Waals surface area contributed by atoms with Crippen LogP contribution in [0.15, 0.2) is 42.7 Å². The average Bonchev–Trinajstić information content (AvgIpc) is 2.52. The van der Waals surface area contributed by atoms with Crippen molar-refractivity contribution in [2.75, 3.05) is 6.61 Å². The summed E-state index contributed by atoms with van der Waals surface area (Å²) >= 11 is 0. The van der Waals surface area contributed by atoms with Crippen LogP contribution in [0, 0.1) is 0 Å². The zero-order chi connectivity index (χ0) is 15.1. The van der Waals surface area contributed by atoms with Crippen LogP contribution < -0.4 is 10.1 Å². The van der Waals surface area contributed by atoms with E-state index >= 15 is 0 Å². The molecule has 2 aromatic rings. The van der Waals surface area contributed by atoms with Crippen molar-refractivity contribution in [1.29, 1.82) is 0 Å². The smallest absolute Gasteiger partial charge is 0.338 e. The van der Waals surface area contributed by atoms with Crippen molar-refractivity contribution in [2.45, 2.75) is 6.54 Å². The minimum Gasteiger partial charge on any atom is -0.478 e. The molecule has 0 aliphatic carbocycles. The Morgan fingerprint density at radius 1 is 1.14 bits per heavy atom. The van der Waals surface area contributed by atoms with Crippen molar-refractivity contribution in [1.82, 2.24) is 15.3 Å². The van der Waals surface area contributed by atoms with Crippen molar-refractivity contribution in [3.05, 3.63) is 53.9 Å². The quantitative estimate of drug-likeness (QED) is 0.817. The highest BCUT2D eigenvalue weighted by Gasteiger charge is 2.07. The number of aromatic nitrogens is 2. The van der Waals surface area contributed by atoms with E-state index in [1.54, 1.807) is 0 Å². The molecule has 0 saturated carbocycles. The summed E-state index contributed by atoms with van der Waals surface area (Å²) in [5, 5.41) is 11.4. The SMILES string of the molecule is O=C(COc1ncc(C(=O)O)cn1)NCc1ccccc1. The van der Waals surface area contributed by atoms with Gasteiger partial charge in [0.05, 0.1) is 5.56 Å². The van der Waals surface area contributed by atoms with E-state index in [0.717, 1.165) is 18.0 Å². The Hall–Kier alpha value is -2.96. The maximum atomic E-state index is 11.6. The van der Waals surface area contributed by atoms with Crippen molar-refractivity contribution < 1.29 is 19.4 Å². The molecule has 0 unspecified atom stereocenters. The second-order valence-electron chi connectivity index (χ2n) is 4.11. The Balaban J connectivity index is 1.77. The second-order valence-corrected chi connectivity index (χ2v) is 4.11. The number of aromatic carboxylic acids is 1. The highest BCUT2D eigenvalue weighted by molar-refractivity contribution is 5.86. The van der Waals surface area contributed by atoms with E-state index < -0.39 is 5.97 Å². The molecule has 0 radical (unpaired) electrons. The number of carboxylic acids is 1. The molecule has 2 rings (SSSR count). The number of hydrogen-bond acceptors (Lipinski definition) is 5. The summed E-state index contributed by atoms with van der Waals surface area (Å²) in [6.45, 7) is 0.168. The number of nitrogens with one attached hydrogen (secondary N) is 1. The predicted octanol–water partition coefficient (Wildman–Crippen LogP) is 0.870. The van der Waals surface area contributed by atoms with Crippen LogP contribution in [0.3, 0.4) is 0 Å². The van der Waals surface area contributed by atoms with Gasteiger partial charge in [0.1, 0.15) is 0 Å². The van der Waals surface area contributed by atoms with Crippen LogP contribution in [0.25, 0.3) is 0 Å². The molecule has 7 nitrogen and oxygen atoms in total. The van der Waals surface area contributed by atoms with Crippen molar-refractivity contribution >= 4 is 11.9 Å². The Bertz CT molecular complexity index is 614. The van der Waals surface area contributed by atoms with Crippen molar-refractivity contribution in [3.63, 3.8) is 0 Å².